The van der Waals surface area contributed by atoms with Gasteiger partial charge in [-0.25, -0.2) is 4.79 Å². The number of hydrogen-bond donors (Lipinski definition) is 1. The molecule has 1 unspecified atom stereocenters. The largest absolute Gasteiger partial charge is 0.493 e. The first-order valence-electron chi connectivity index (χ1n) is 8.81. The maximum atomic E-state index is 12.5. The monoisotopic (exact) mass is 350 g/mol. The normalized spacial score (nSPS) is 14.9. The third-order valence-corrected chi connectivity index (χ3v) is 4.19. The fraction of sp³-hybridized carbons (Fsp3) is 0.632. The third kappa shape index (κ3) is 5.26. The number of methoxy groups -OCH3 is 2. The molecule has 0 aliphatic carbocycles. The van der Waals surface area contributed by atoms with Crippen molar-refractivity contribution in [2.24, 2.45) is 5.92 Å². The topological polar surface area (TPSA) is 60.0 Å². The van der Waals surface area contributed by atoms with E-state index in [9.17, 15) is 4.79 Å². The molecule has 0 saturated carbocycles. The number of nitrogens with zero attached hydrogens (tertiary/aromatic N) is 1. The standard InChI is InChI=1S/C19H30N2O4/c1-13(2)11-25-12-14(3)20-19(22)21-7-6-15-8-17(23-4)18(24-5)9-16(15)10-21/h8-9,13-14H,6-7,10-12H2,1-5H3,(H,20,22). The minimum absolute atomic E-state index is 0.0157. The predicted molar refractivity (Wildman–Crippen MR) is 97.3 cm³/mol. The van der Waals surface area contributed by atoms with Gasteiger partial charge in [0.25, 0.3) is 0 Å². The van der Waals surface area contributed by atoms with Crippen LogP contribution in [0.1, 0.15) is 31.9 Å². The third-order valence-electron chi connectivity index (χ3n) is 4.19. The molecule has 6 heteroatoms. The second kappa shape index (κ2) is 8.94. The molecule has 0 aromatic heterocycles. The summed E-state index contributed by atoms with van der Waals surface area (Å²) in [6.45, 7) is 8.67. The van der Waals surface area contributed by atoms with Gasteiger partial charge in [-0.3, -0.25) is 0 Å². The first-order valence-corrected chi connectivity index (χ1v) is 8.81. The molecule has 140 valence electrons. The fourth-order valence-electron chi connectivity index (χ4n) is 2.88. The molecule has 0 spiro atoms. The number of hydrogen-bond acceptors (Lipinski definition) is 4. The van der Waals surface area contributed by atoms with Crippen molar-refractivity contribution < 1.29 is 19.0 Å². The second-order valence-corrected chi connectivity index (χ2v) is 6.93. The van der Waals surface area contributed by atoms with Crippen LogP contribution in [0.4, 0.5) is 4.79 Å². The van der Waals surface area contributed by atoms with Crippen molar-refractivity contribution in [1.29, 1.82) is 0 Å². The maximum absolute atomic E-state index is 12.5. The Bertz CT molecular complexity index is 589. The number of rotatable bonds is 7. The molecule has 1 atom stereocenters. The number of carbonyl (C=O) groups is 1. The highest BCUT2D eigenvalue weighted by molar-refractivity contribution is 5.75. The highest BCUT2D eigenvalue weighted by atomic mass is 16.5. The summed E-state index contributed by atoms with van der Waals surface area (Å²) in [6.07, 6.45) is 0.807. The number of benzene rings is 1. The molecule has 25 heavy (non-hydrogen) atoms. The van der Waals surface area contributed by atoms with E-state index in [1.807, 2.05) is 24.0 Å². The minimum Gasteiger partial charge on any atom is -0.493 e. The van der Waals surface area contributed by atoms with Crippen molar-refractivity contribution in [3.05, 3.63) is 23.3 Å². The molecule has 2 rings (SSSR count). The van der Waals surface area contributed by atoms with E-state index in [0.29, 0.717) is 38.0 Å². The lowest BCUT2D eigenvalue weighted by Gasteiger charge is -2.30. The van der Waals surface area contributed by atoms with Crippen molar-refractivity contribution >= 4 is 6.03 Å². The molecule has 2 amide bonds. The van der Waals surface area contributed by atoms with Crippen LogP contribution in [-0.4, -0.2) is 51.0 Å². The zero-order valence-electron chi connectivity index (χ0n) is 15.9. The Balaban J connectivity index is 1.94. The van der Waals surface area contributed by atoms with E-state index in [1.165, 1.54) is 5.56 Å². The SMILES string of the molecule is COc1cc2c(cc1OC)CN(C(=O)NC(C)COCC(C)C)CC2. The van der Waals surface area contributed by atoms with E-state index in [0.717, 1.165) is 17.7 Å². The van der Waals surface area contributed by atoms with E-state index in [4.69, 9.17) is 14.2 Å². The van der Waals surface area contributed by atoms with E-state index < -0.39 is 0 Å². The van der Waals surface area contributed by atoms with E-state index >= 15 is 0 Å². The smallest absolute Gasteiger partial charge is 0.317 e. The summed E-state index contributed by atoms with van der Waals surface area (Å²) in [5, 5.41) is 3.01. The fourth-order valence-corrected chi connectivity index (χ4v) is 2.88. The molecule has 0 radical (unpaired) electrons. The highest BCUT2D eigenvalue weighted by Crippen LogP contribution is 2.33. The molecule has 0 saturated heterocycles. The van der Waals surface area contributed by atoms with Gasteiger partial charge in [-0.1, -0.05) is 13.8 Å². The summed E-state index contributed by atoms with van der Waals surface area (Å²) in [5.74, 6) is 1.92. The van der Waals surface area contributed by atoms with Crippen LogP contribution in [0, 0.1) is 5.92 Å². The summed E-state index contributed by atoms with van der Waals surface area (Å²) >= 11 is 0. The lowest BCUT2D eigenvalue weighted by atomic mass is 9.99. The summed E-state index contributed by atoms with van der Waals surface area (Å²) in [5.41, 5.74) is 2.30. The number of nitrogens with one attached hydrogen (secondary N) is 1. The van der Waals surface area contributed by atoms with Crippen LogP contribution in [0.3, 0.4) is 0 Å². The molecule has 0 fully saturated rings. The Morgan fingerprint density at radius 1 is 1.12 bits per heavy atom. The van der Waals surface area contributed by atoms with Crippen LogP contribution in [0.25, 0.3) is 0 Å². The van der Waals surface area contributed by atoms with Gasteiger partial charge in [-0.05, 0) is 42.5 Å². The van der Waals surface area contributed by atoms with Gasteiger partial charge >= 0.3 is 6.03 Å². The van der Waals surface area contributed by atoms with Crippen molar-refractivity contribution in [3.63, 3.8) is 0 Å². The maximum Gasteiger partial charge on any atom is 0.317 e. The van der Waals surface area contributed by atoms with Crippen LogP contribution in [0.2, 0.25) is 0 Å². The zero-order chi connectivity index (χ0) is 18.4. The molecule has 1 aliphatic rings. The molecule has 1 heterocycles. The Hall–Kier alpha value is -1.95. The Morgan fingerprint density at radius 3 is 2.36 bits per heavy atom. The van der Waals surface area contributed by atoms with Crippen LogP contribution >= 0.6 is 0 Å². The summed E-state index contributed by atoms with van der Waals surface area (Å²) in [7, 11) is 3.26. The number of fused-ring (bicyclic) bond motifs is 1. The average molecular weight is 350 g/mol. The molecule has 0 bridgehead atoms. The molecule has 1 aromatic carbocycles. The molecular formula is C19H30N2O4. The van der Waals surface area contributed by atoms with Crippen LogP contribution in [0.5, 0.6) is 11.5 Å². The number of carbonyl (C=O) groups excluding carboxylic acids is 1. The van der Waals surface area contributed by atoms with Gasteiger partial charge in [0.05, 0.1) is 26.9 Å². The molecule has 1 aliphatic heterocycles. The molecule has 1 aromatic rings. The van der Waals surface area contributed by atoms with Gasteiger partial charge < -0.3 is 24.4 Å². The van der Waals surface area contributed by atoms with Gasteiger partial charge in [0.2, 0.25) is 0 Å². The van der Waals surface area contributed by atoms with E-state index in [1.54, 1.807) is 14.2 Å². The van der Waals surface area contributed by atoms with E-state index in [2.05, 4.69) is 19.2 Å². The lowest BCUT2D eigenvalue weighted by molar-refractivity contribution is 0.0929. The Labute approximate surface area is 150 Å². The lowest BCUT2D eigenvalue weighted by Crippen LogP contribution is -2.47. The van der Waals surface area contributed by atoms with Gasteiger partial charge in [-0.2, -0.15) is 0 Å². The van der Waals surface area contributed by atoms with Gasteiger partial charge in [0.1, 0.15) is 0 Å². The Morgan fingerprint density at radius 2 is 1.76 bits per heavy atom. The van der Waals surface area contributed by atoms with Gasteiger partial charge in [0, 0.05) is 19.7 Å². The van der Waals surface area contributed by atoms with Crippen molar-refractivity contribution in [1.82, 2.24) is 10.2 Å². The quantitative estimate of drug-likeness (QED) is 0.821. The minimum atomic E-state index is -0.0546. The van der Waals surface area contributed by atoms with Crippen molar-refractivity contribution in [2.75, 3.05) is 34.0 Å². The Kier molecular flexibility index (Phi) is 6.93. The number of urea groups is 1. The summed E-state index contributed by atoms with van der Waals surface area (Å²) < 4.78 is 16.3. The second-order valence-electron chi connectivity index (χ2n) is 6.93. The highest BCUT2D eigenvalue weighted by Gasteiger charge is 2.23. The van der Waals surface area contributed by atoms with Crippen LogP contribution < -0.4 is 14.8 Å². The van der Waals surface area contributed by atoms with Gasteiger partial charge in [0.15, 0.2) is 11.5 Å². The number of ether oxygens (including phenoxy) is 3. The first kappa shape index (κ1) is 19.4. The first-order chi connectivity index (χ1) is 11.9. The molecule has 6 nitrogen and oxygen atoms in total. The average Bonchev–Trinajstić information content (AvgIpc) is 2.59. The number of amides is 2. The summed E-state index contributed by atoms with van der Waals surface area (Å²) in [6, 6.07) is 3.90. The van der Waals surface area contributed by atoms with Gasteiger partial charge in [-0.15, -0.1) is 0 Å². The predicted octanol–water partition coefficient (Wildman–Crippen LogP) is 2.83. The molecular weight excluding hydrogens is 320 g/mol. The van der Waals surface area contributed by atoms with Crippen molar-refractivity contribution in [3.8, 4) is 11.5 Å². The molecule has 1 N–H and O–H groups in total. The summed E-state index contributed by atoms with van der Waals surface area (Å²) in [4.78, 5) is 14.3. The zero-order valence-corrected chi connectivity index (χ0v) is 15.9. The van der Waals surface area contributed by atoms with E-state index in [-0.39, 0.29) is 12.1 Å². The van der Waals surface area contributed by atoms with Crippen LogP contribution in [0.15, 0.2) is 12.1 Å². The van der Waals surface area contributed by atoms with Crippen LogP contribution in [-0.2, 0) is 17.7 Å². The van der Waals surface area contributed by atoms with Crippen molar-refractivity contribution in [2.45, 2.75) is 39.8 Å².